The van der Waals surface area contributed by atoms with Gasteiger partial charge in [0.05, 0.1) is 17.9 Å². The summed E-state index contributed by atoms with van der Waals surface area (Å²) in [6.45, 7) is 2.49. The van der Waals surface area contributed by atoms with Gasteiger partial charge in [-0.05, 0) is 32.0 Å². The zero-order valence-corrected chi connectivity index (χ0v) is 16.4. The number of piperazine rings is 1. The van der Waals surface area contributed by atoms with Crippen LogP contribution in [0.4, 0.5) is 11.4 Å². The fourth-order valence-electron chi connectivity index (χ4n) is 3.96. The molecule has 1 atom stereocenters. The smallest absolute Gasteiger partial charge is 0.245 e. The Labute approximate surface area is 168 Å². The molecule has 2 amide bonds. The number of likely N-dealkylation sites (N-methyl/N-ethyl adjacent to an activating group) is 1. The predicted octanol–water partition coefficient (Wildman–Crippen LogP) is 1.22. The van der Waals surface area contributed by atoms with E-state index in [0.29, 0.717) is 24.0 Å². The molecule has 3 heterocycles. The van der Waals surface area contributed by atoms with Crippen LogP contribution >= 0.6 is 0 Å². The molecule has 5 rings (SSSR count). The second kappa shape index (κ2) is 7.23. The van der Waals surface area contributed by atoms with Crippen LogP contribution in [-0.4, -0.2) is 71.5 Å². The van der Waals surface area contributed by atoms with Crippen molar-refractivity contribution in [3.8, 4) is 0 Å². The lowest BCUT2D eigenvalue weighted by Crippen LogP contribution is -2.52. The van der Waals surface area contributed by atoms with E-state index in [1.807, 2.05) is 31.3 Å². The third-order valence-corrected chi connectivity index (χ3v) is 5.85. The number of nitrogens with zero attached hydrogens (tertiary/aromatic N) is 5. The summed E-state index contributed by atoms with van der Waals surface area (Å²) in [6, 6.07) is 7.35. The van der Waals surface area contributed by atoms with Crippen molar-refractivity contribution in [1.29, 1.82) is 0 Å². The van der Waals surface area contributed by atoms with E-state index in [4.69, 9.17) is 4.52 Å². The van der Waals surface area contributed by atoms with Crippen molar-refractivity contribution in [2.45, 2.75) is 24.8 Å². The van der Waals surface area contributed by atoms with E-state index in [-0.39, 0.29) is 30.9 Å². The van der Waals surface area contributed by atoms with Gasteiger partial charge >= 0.3 is 0 Å². The lowest BCUT2D eigenvalue weighted by Gasteiger charge is -2.38. The molecule has 3 aliphatic rings. The molecule has 1 aliphatic carbocycles. The second-order valence-electron chi connectivity index (χ2n) is 8.04. The van der Waals surface area contributed by atoms with Crippen LogP contribution in [0.3, 0.4) is 0 Å². The van der Waals surface area contributed by atoms with Crippen LogP contribution in [0.1, 0.15) is 36.5 Å². The molecule has 9 heteroatoms. The quantitative estimate of drug-likeness (QED) is 0.830. The van der Waals surface area contributed by atoms with Gasteiger partial charge < -0.3 is 9.84 Å². The van der Waals surface area contributed by atoms with Crippen LogP contribution in [-0.2, 0) is 9.59 Å². The third kappa shape index (κ3) is 3.63. The Balaban J connectivity index is 1.29. The van der Waals surface area contributed by atoms with E-state index in [1.165, 1.54) is 0 Å². The maximum Gasteiger partial charge on any atom is 0.245 e. The second-order valence-corrected chi connectivity index (χ2v) is 8.04. The zero-order valence-electron chi connectivity index (χ0n) is 16.4. The normalized spacial score (nSPS) is 23.0. The summed E-state index contributed by atoms with van der Waals surface area (Å²) < 4.78 is 5.53. The van der Waals surface area contributed by atoms with E-state index in [2.05, 4.69) is 25.3 Å². The number of carbonyl (C=O) groups is 2. The molecule has 2 aliphatic heterocycles. The fraction of sp³-hybridized carbons (Fsp3) is 0.500. The Morgan fingerprint density at radius 2 is 2.10 bits per heavy atom. The van der Waals surface area contributed by atoms with Crippen molar-refractivity contribution in [1.82, 2.24) is 19.9 Å². The number of benzene rings is 1. The van der Waals surface area contributed by atoms with Crippen molar-refractivity contribution in [2.75, 3.05) is 50.0 Å². The lowest BCUT2D eigenvalue weighted by atomic mass is 10.1. The van der Waals surface area contributed by atoms with Gasteiger partial charge in [-0.25, -0.2) is 0 Å². The monoisotopic (exact) mass is 396 g/mol. The average molecular weight is 396 g/mol. The number of carbonyl (C=O) groups excluding carboxylic acids is 2. The Morgan fingerprint density at radius 3 is 2.93 bits per heavy atom. The Kier molecular flexibility index (Phi) is 4.56. The van der Waals surface area contributed by atoms with Gasteiger partial charge in [0.25, 0.3) is 0 Å². The molecule has 1 aromatic heterocycles. The van der Waals surface area contributed by atoms with Crippen LogP contribution in [0.5, 0.6) is 0 Å². The highest BCUT2D eigenvalue weighted by atomic mass is 16.5. The van der Waals surface area contributed by atoms with Crippen molar-refractivity contribution in [3.63, 3.8) is 0 Å². The van der Waals surface area contributed by atoms with Gasteiger partial charge in [0.15, 0.2) is 5.82 Å². The molecular weight excluding hydrogens is 372 g/mol. The van der Waals surface area contributed by atoms with Crippen molar-refractivity contribution < 1.29 is 14.1 Å². The molecule has 1 unspecified atom stereocenters. The first kappa shape index (κ1) is 18.3. The molecule has 2 aromatic rings. The van der Waals surface area contributed by atoms with Gasteiger partial charge in [-0.3, -0.25) is 24.3 Å². The largest absolute Gasteiger partial charge is 0.338 e. The first-order valence-electron chi connectivity index (χ1n) is 10.0. The average Bonchev–Trinajstić information content (AvgIpc) is 3.46. The Morgan fingerprint density at radius 1 is 1.28 bits per heavy atom. The molecule has 1 saturated heterocycles. The van der Waals surface area contributed by atoms with Crippen LogP contribution in [0.15, 0.2) is 28.8 Å². The molecule has 152 valence electrons. The summed E-state index contributed by atoms with van der Waals surface area (Å²) in [6.07, 6.45) is 2.26. The van der Waals surface area contributed by atoms with Gasteiger partial charge in [-0.2, -0.15) is 4.98 Å². The van der Waals surface area contributed by atoms with E-state index < -0.39 is 0 Å². The van der Waals surface area contributed by atoms with Crippen LogP contribution < -0.4 is 10.2 Å². The van der Waals surface area contributed by atoms with Crippen LogP contribution in [0.2, 0.25) is 0 Å². The van der Waals surface area contributed by atoms with Gasteiger partial charge in [0, 0.05) is 25.6 Å². The number of aromatic nitrogens is 2. The van der Waals surface area contributed by atoms with E-state index >= 15 is 0 Å². The molecular formula is C20H24N6O3. The summed E-state index contributed by atoms with van der Waals surface area (Å²) in [7, 11) is 2.04. The minimum atomic E-state index is -0.174. The molecule has 1 saturated carbocycles. The number of fused-ring (bicyclic) bond motifs is 1. The topological polar surface area (TPSA) is 94.8 Å². The number of amides is 2. The number of rotatable bonds is 4. The molecule has 0 radical (unpaired) electrons. The lowest BCUT2D eigenvalue weighted by molar-refractivity contribution is -0.123. The van der Waals surface area contributed by atoms with Crippen molar-refractivity contribution >= 4 is 23.2 Å². The molecule has 0 spiro atoms. The highest BCUT2D eigenvalue weighted by Gasteiger charge is 2.35. The molecule has 29 heavy (non-hydrogen) atoms. The Hall–Kier alpha value is -2.78. The van der Waals surface area contributed by atoms with E-state index in [9.17, 15) is 9.59 Å². The van der Waals surface area contributed by atoms with Crippen LogP contribution in [0.25, 0.3) is 0 Å². The number of hydrogen-bond donors (Lipinski definition) is 1. The number of para-hydroxylation sites is 2. The van der Waals surface area contributed by atoms with E-state index in [1.54, 1.807) is 4.90 Å². The maximum atomic E-state index is 13.0. The highest BCUT2D eigenvalue weighted by molar-refractivity contribution is 6.10. The zero-order chi connectivity index (χ0) is 20.0. The molecule has 9 nitrogen and oxygen atoms in total. The number of nitrogens with one attached hydrogen (secondary N) is 1. The Bertz CT molecular complexity index is 940. The van der Waals surface area contributed by atoms with Crippen molar-refractivity contribution in [3.05, 3.63) is 36.0 Å². The fourth-order valence-corrected chi connectivity index (χ4v) is 3.96. The maximum absolute atomic E-state index is 13.0. The summed E-state index contributed by atoms with van der Waals surface area (Å²) in [5, 5.41) is 6.95. The summed E-state index contributed by atoms with van der Waals surface area (Å²) in [4.78, 5) is 35.5. The van der Waals surface area contributed by atoms with Gasteiger partial charge in [-0.1, -0.05) is 17.3 Å². The third-order valence-electron chi connectivity index (χ3n) is 5.85. The predicted molar refractivity (Wildman–Crippen MR) is 106 cm³/mol. The minimum Gasteiger partial charge on any atom is -0.338 e. The number of hydrogen-bond acceptors (Lipinski definition) is 7. The first-order valence-corrected chi connectivity index (χ1v) is 10.0. The minimum absolute atomic E-state index is 0.0338. The van der Waals surface area contributed by atoms with Crippen LogP contribution in [0, 0.1) is 0 Å². The van der Waals surface area contributed by atoms with Gasteiger partial charge in [0.2, 0.25) is 17.7 Å². The summed E-state index contributed by atoms with van der Waals surface area (Å²) in [5.74, 6) is 1.61. The molecule has 2 fully saturated rings. The standard InChI is InChI=1S/C20H24N6O3/c1-24-8-9-25(10-16(24)20-22-19(23-29-20)13-6-7-13)12-18(28)26-11-17(27)21-14-4-2-3-5-15(14)26/h2-5,13,16H,6-12H2,1H3,(H,21,27). The van der Waals surface area contributed by atoms with E-state index in [0.717, 1.165) is 37.4 Å². The first-order chi connectivity index (χ1) is 14.1. The summed E-state index contributed by atoms with van der Waals surface area (Å²) >= 11 is 0. The number of anilines is 2. The highest BCUT2D eigenvalue weighted by Crippen LogP contribution is 2.39. The summed E-state index contributed by atoms with van der Waals surface area (Å²) in [5.41, 5.74) is 1.42. The molecule has 1 aromatic carbocycles. The molecule has 0 bridgehead atoms. The van der Waals surface area contributed by atoms with Gasteiger partial charge in [-0.15, -0.1) is 0 Å². The van der Waals surface area contributed by atoms with Gasteiger partial charge in [0.1, 0.15) is 12.6 Å². The SMILES string of the molecule is CN1CCN(CC(=O)N2CC(=O)Nc3ccccc32)CC1c1nc(C2CC2)no1. The molecule has 1 N–H and O–H groups in total. The van der Waals surface area contributed by atoms with Crippen molar-refractivity contribution in [2.24, 2.45) is 0 Å².